The second-order valence-corrected chi connectivity index (χ2v) is 3.12. The molecule has 1 amide bonds. The first-order valence-corrected chi connectivity index (χ1v) is 4.51. The molecule has 1 rings (SSSR count). The van der Waals surface area contributed by atoms with Crippen LogP contribution in [0.1, 0.15) is 18.5 Å². The number of rotatable bonds is 5. The number of nitrogens with one attached hydrogen (secondary N) is 1. The van der Waals surface area contributed by atoms with Gasteiger partial charge in [0.05, 0.1) is 6.04 Å². The third-order valence-corrected chi connectivity index (χ3v) is 1.85. The molecule has 15 heavy (non-hydrogen) atoms. The average Bonchev–Trinajstić information content (AvgIpc) is 2.17. The van der Waals surface area contributed by atoms with E-state index in [-0.39, 0.29) is 18.5 Å². The molecule has 82 valence electrons. The predicted octanol–water partition coefficient (Wildman–Crippen LogP) is 0.893. The lowest BCUT2D eigenvalue weighted by molar-refractivity contribution is -0.126. The minimum absolute atomic E-state index is 0.237. The van der Waals surface area contributed by atoms with E-state index in [1.165, 1.54) is 6.07 Å². The van der Waals surface area contributed by atoms with Crippen LogP contribution in [0.3, 0.4) is 0 Å². The second-order valence-electron chi connectivity index (χ2n) is 3.12. The van der Waals surface area contributed by atoms with Gasteiger partial charge in [-0.05, 0) is 13.0 Å². The van der Waals surface area contributed by atoms with Gasteiger partial charge in [-0.25, -0.2) is 4.39 Å². The quantitative estimate of drug-likeness (QED) is 0.712. The summed E-state index contributed by atoms with van der Waals surface area (Å²) in [7, 11) is 0. The van der Waals surface area contributed by atoms with Gasteiger partial charge >= 0.3 is 0 Å². The van der Waals surface area contributed by atoms with Crippen molar-refractivity contribution < 1.29 is 14.0 Å². The number of carbonyl (C=O) groups excluding carboxylic acids is 1. The SMILES string of the molecule is CC(NOCC(N)=O)c1ccccc1F. The van der Waals surface area contributed by atoms with Crippen LogP contribution in [0.2, 0.25) is 0 Å². The summed E-state index contributed by atoms with van der Waals surface area (Å²) in [6, 6.07) is 5.99. The first-order chi connectivity index (χ1) is 7.11. The average molecular weight is 212 g/mol. The summed E-state index contributed by atoms with van der Waals surface area (Å²) in [6.45, 7) is 1.48. The summed E-state index contributed by atoms with van der Waals surface area (Å²) < 4.78 is 13.2. The Hall–Kier alpha value is -1.46. The molecule has 0 saturated carbocycles. The van der Waals surface area contributed by atoms with Gasteiger partial charge in [0.15, 0.2) is 0 Å². The molecule has 0 bridgehead atoms. The van der Waals surface area contributed by atoms with Crippen molar-refractivity contribution in [2.45, 2.75) is 13.0 Å². The molecule has 1 atom stereocenters. The van der Waals surface area contributed by atoms with E-state index in [2.05, 4.69) is 5.48 Å². The molecule has 0 saturated heterocycles. The molecule has 0 spiro atoms. The van der Waals surface area contributed by atoms with Crippen LogP contribution in [0.5, 0.6) is 0 Å². The molecule has 0 aliphatic rings. The van der Waals surface area contributed by atoms with Gasteiger partial charge in [-0.2, -0.15) is 5.48 Å². The number of amides is 1. The molecule has 0 aliphatic heterocycles. The Morgan fingerprint density at radius 3 is 2.87 bits per heavy atom. The summed E-state index contributed by atoms with van der Waals surface area (Å²) in [4.78, 5) is 15.1. The molecule has 1 unspecified atom stereocenters. The van der Waals surface area contributed by atoms with Crippen LogP contribution < -0.4 is 11.2 Å². The van der Waals surface area contributed by atoms with Crippen molar-refractivity contribution in [2.24, 2.45) is 5.73 Å². The molecule has 0 radical (unpaired) electrons. The molecule has 0 fully saturated rings. The zero-order chi connectivity index (χ0) is 11.3. The number of halogens is 1. The molecule has 5 heteroatoms. The third kappa shape index (κ3) is 3.65. The smallest absolute Gasteiger partial charge is 0.245 e. The number of hydrogen-bond acceptors (Lipinski definition) is 3. The lowest BCUT2D eigenvalue weighted by atomic mass is 10.1. The molecular weight excluding hydrogens is 199 g/mol. The fraction of sp³-hybridized carbons (Fsp3) is 0.300. The van der Waals surface area contributed by atoms with Crippen LogP contribution >= 0.6 is 0 Å². The highest BCUT2D eigenvalue weighted by Gasteiger charge is 2.09. The maximum absolute atomic E-state index is 13.2. The van der Waals surface area contributed by atoms with Crippen molar-refractivity contribution in [2.75, 3.05) is 6.61 Å². The predicted molar refractivity (Wildman–Crippen MR) is 53.1 cm³/mol. The molecule has 1 aromatic rings. The Kier molecular flexibility index (Phi) is 4.20. The maximum atomic E-state index is 13.2. The number of carbonyl (C=O) groups is 1. The topological polar surface area (TPSA) is 64.3 Å². The summed E-state index contributed by atoms with van der Waals surface area (Å²) in [5.74, 6) is -0.900. The van der Waals surface area contributed by atoms with Crippen molar-refractivity contribution >= 4 is 5.91 Å². The summed E-state index contributed by atoms with van der Waals surface area (Å²) in [5.41, 5.74) is 7.87. The van der Waals surface area contributed by atoms with E-state index in [9.17, 15) is 9.18 Å². The highest BCUT2D eigenvalue weighted by atomic mass is 19.1. The lowest BCUT2D eigenvalue weighted by Crippen LogP contribution is -2.27. The van der Waals surface area contributed by atoms with Gasteiger partial charge in [-0.3, -0.25) is 9.63 Å². The minimum Gasteiger partial charge on any atom is -0.368 e. The van der Waals surface area contributed by atoms with Crippen molar-refractivity contribution in [1.29, 1.82) is 0 Å². The third-order valence-electron chi connectivity index (χ3n) is 1.85. The lowest BCUT2D eigenvalue weighted by Gasteiger charge is -2.13. The fourth-order valence-corrected chi connectivity index (χ4v) is 1.13. The molecule has 0 heterocycles. The van der Waals surface area contributed by atoms with Gasteiger partial charge in [-0.1, -0.05) is 18.2 Å². The highest BCUT2D eigenvalue weighted by Crippen LogP contribution is 2.15. The number of hydroxylamine groups is 1. The summed E-state index contributed by atoms with van der Waals surface area (Å²) in [5, 5.41) is 0. The second kappa shape index (κ2) is 5.43. The van der Waals surface area contributed by atoms with Crippen LogP contribution in [0.4, 0.5) is 4.39 Å². The van der Waals surface area contributed by atoms with E-state index >= 15 is 0 Å². The van der Waals surface area contributed by atoms with Gasteiger partial charge in [-0.15, -0.1) is 0 Å². The van der Waals surface area contributed by atoms with Crippen molar-refractivity contribution in [3.63, 3.8) is 0 Å². The van der Waals surface area contributed by atoms with Crippen molar-refractivity contribution in [1.82, 2.24) is 5.48 Å². The van der Waals surface area contributed by atoms with Gasteiger partial charge in [0.1, 0.15) is 12.4 Å². The molecular formula is C10H13FN2O2. The van der Waals surface area contributed by atoms with E-state index in [0.29, 0.717) is 5.56 Å². The van der Waals surface area contributed by atoms with E-state index in [1.54, 1.807) is 25.1 Å². The Bertz CT molecular complexity index is 344. The molecule has 1 aromatic carbocycles. The Labute approximate surface area is 87.2 Å². The van der Waals surface area contributed by atoms with Crippen molar-refractivity contribution in [3.05, 3.63) is 35.6 Å². The van der Waals surface area contributed by atoms with E-state index in [1.807, 2.05) is 0 Å². The highest BCUT2D eigenvalue weighted by molar-refractivity contribution is 5.74. The number of primary amides is 1. The van der Waals surface area contributed by atoms with Gasteiger partial charge in [0.25, 0.3) is 0 Å². The molecule has 0 aliphatic carbocycles. The Morgan fingerprint density at radius 1 is 1.60 bits per heavy atom. The minimum atomic E-state index is -0.580. The van der Waals surface area contributed by atoms with E-state index in [4.69, 9.17) is 10.6 Å². The van der Waals surface area contributed by atoms with Crippen molar-refractivity contribution in [3.8, 4) is 0 Å². The van der Waals surface area contributed by atoms with E-state index < -0.39 is 5.91 Å². The van der Waals surface area contributed by atoms with Gasteiger partial charge in [0, 0.05) is 5.56 Å². The Balaban J connectivity index is 2.50. The first kappa shape index (κ1) is 11.6. The summed E-state index contributed by atoms with van der Waals surface area (Å²) >= 11 is 0. The van der Waals surface area contributed by atoms with Crippen LogP contribution in [-0.2, 0) is 9.63 Å². The molecule has 3 N–H and O–H groups in total. The standard InChI is InChI=1S/C10H13FN2O2/c1-7(13-15-6-10(12)14)8-4-2-3-5-9(8)11/h2-5,7,13H,6H2,1H3,(H2,12,14). The number of benzene rings is 1. The molecule has 0 aromatic heterocycles. The Morgan fingerprint density at radius 2 is 2.27 bits per heavy atom. The number of nitrogens with two attached hydrogens (primary N) is 1. The zero-order valence-corrected chi connectivity index (χ0v) is 8.37. The van der Waals surface area contributed by atoms with Gasteiger partial charge < -0.3 is 5.73 Å². The zero-order valence-electron chi connectivity index (χ0n) is 8.37. The molecule has 4 nitrogen and oxygen atoms in total. The largest absolute Gasteiger partial charge is 0.368 e. The van der Waals surface area contributed by atoms with Crippen LogP contribution in [0.25, 0.3) is 0 Å². The normalized spacial score (nSPS) is 12.4. The van der Waals surface area contributed by atoms with Crippen LogP contribution in [0.15, 0.2) is 24.3 Å². The van der Waals surface area contributed by atoms with E-state index in [0.717, 1.165) is 0 Å². The van der Waals surface area contributed by atoms with Crippen LogP contribution in [-0.4, -0.2) is 12.5 Å². The number of hydrogen-bond donors (Lipinski definition) is 2. The fourth-order valence-electron chi connectivity index (χ4n) is 1.13. The maximum Gasteiger partial charge on any atom is 0.245 e. The first-order valence-electron chi connectivity index (χ1n) is 4.51. The van der Waals surface area contributed by atoms with Crippen LogP contribution in [0, 0.1) is 5.82 Å². The van der Waals surface area contributed by atoms with Gasteiger partial charge in [0.2, 0.25) is 5.91 Å². The summed E-state index contributed by atoms with van der Waals surface area (Å²) in [6.07, 6.45) is 0. The monoisotopic (exact) mass is 212 g/mol.